The molecule has 0 radical (unpaired) electrons. The third-order valence-corrected chi connectivity index (χ3v) is 3.07. The predicted octanol–water partition coefficient (Wildman–Crippen LogP) is 2.41. The SMILES string of the molecule is CCOC(=O)c1[nH]c2cc(OC)ccc2c1CN(C)C. The molecule has 0 aliphatic heterocycles. The topological polar surface area (TPSA) is 54.6 Å². The molecule has 20 heavy (non-hydrogen) atoms. The molecule has 1 aromatic carbocycles. The van der Waals surface area contributed by atoms with Gasteiger partial charge in [-0.05, 0) is 33.2 Å². The number of aromatic amines is 1. The van der Waals surface area contributed by atoms with Crippen molar-refractivity contribution in [3.05, 3.63) is 29.5 Å². The first kappa shape index (κ1) is 14.4. The maximum Gasteiger partial charge on any atom is 0.355 e. The smallest absolute Gasteiger partial charge is 0.355 e. The molecule has 2 rings (SSSR count). The molecule has 0 saturated carbocycles. The van der Waals surface area contributed by atoms with Crippen molar-refractivity contribution in [3.63, 3.8) is 0 Å². The first-order chi connectivity index (χ1) is 9.56. The van der Waals surface area contributed by atoms with E-state index in [0.29, 0.717) is 18.8 Å². The number of carbonyl (C=O) groups excluding carboxylic acids is 1. The van der Waals surface area contributed by atoms with Crippen molar-refractivity contribution < 1.29 is 14.3 Å². The Balaban J connectivity index is 2.56. The van der Waals surface area contributed by atoms with Gasteiger partial charge in [0.15, 0.2) is 0 Å². The molecule has 0 unspecified atom stereocenters. The number of nitrogens with one attached hydrogen (secondary N) is 1. The minimum absolute atomic E-state index is 0.320. The van der Waals surface area contributed by atoms with Crippen molar-refractivity contribution in [2.75, 3.05) is 27.8 Å². The lowest BCUT2D eigenvalue weighted by molar-refractivity contribution is 0.0518. The number of rotatable bonds is 5. The molecule has 0 aliphatic carbocycles. The van der Waals surface area contributed by atoms with Crippen molar-refractivity contribution in [2.45, 2.75) is 13.5 Å². The molecule has 1 heterocycles. The first-order valence-corrected chi connectivity index (χ1v) is 6.57. The third kappa shape index (κ3) is 2.77. The Morgan fingerprint density at radius 2 is 2.10 bits per heavy atom. The zero-order valence-corrected chi connectivity index (χ0v) is 12.3. The standard InChI is InChI=1S/C15H20N2O3/c1-5-20-15(18)14-12(9-17(2)3)11-7-6-10(19-4)8-13(11)16-14/h6-8,16H,5,9H2,1-4H3. The average molecular weight is 276 g/mol. The molecule has 0 saturated heterocycles. The fraction of sp³-hybridized carbons (Fsp3) is 0.400. The summed E-state index contributed by atoms with van der Waals surface area (Å²) >= 11 is 0. The molecule has 1 N–H and O–H groups in total. The van der Waals surface area contributed by atoms with Crippen LogP contribution >= 0.6 is 0 Å². The van der Waals surface area contributed by atoms with Crippen LogP contribution in [0.2, 0.25) is 0 Å². The van der Waals surface area contributed by atoms with Crippen LogP contribution in [-0.4, -0.2) is 43.7 Å². The van der Waals surface area contributed by atoms with E-state index in [9.17, 15) is 4.79 Å². The largest absolute Gasteiger partial charge is 0.497 e. The molecule has 2 aromatic rings. The number of fused-ring (bicyclic) bond motifs is 1. The van der Waals surface area contributed by atoms with Gasteiger partial charge >= 0.3 is 5.97 Å². The van der Waals surface area contributed by atoms with Crippen LogP contribution in [0.3, 0.4) is 0 Å². The molecular weight excluding hydrogens is 256 g/mol. The van der Waals surface area contributed by atoms with Crippen molar-refractivity contribution >= 4 is 16.9 Å². The molecule has 0 fully saturated rings. The van der Waals surface area contributed by atoms with E-state index in [1.54, 1.807) is 14.0 Å². The molecule has 0 bridgehead atoms. The van der Waals surface area contributed by atoms with Gasteiger partial charge in [0.2, 0.25) is 0 Å². The number of methoxy groups -OCH3 is 1. The number of nitrogens with zero attached hydrogens (tertiary/aromatic N) is 1. The Bertz CT molecular complexity index is 617. The monoisotopic (exact) mass is 276 g/mol. The number of esters is 1. The Morgan fingerprint density at radius 1 is 1.35 bits per heavy atom. The highest BCUT2D eigenvalue weighted by atomic mass is 16.5. The van der Waals surface area contributed by atoms with Gasteiger partial charge in [-0.25, -0.2) is 4.79 Å². The van der Waals surface area contributed by atoms with Gasteiger partial charge in [-0.3, -0.25) is 0 Å². The van der Waals surface area contributed by atoms with Crippen LogP contribution < -0.4 is 4.74 Å². The summed E-state index contributed by atoms with van der Waals surface area (Å²) in [5, 5.41) is 1.02. The summed E-state index contributed by atoms with van der Waals surface area (Å²) in [6.07, 6.45) is 0. The molecular formula is C15H20N2O3. The molecule has 0 amide bonds. The second-order valence-electron chi connectivity index (χ2n) is 4.85. The normalized spacial score (nSPS) is 11.1. The number of ether oxygens (including phenoxy) is 2. The van der Waals surface area contributed by atoms with Crippen LogP contribution in [-0.2, 0) is 11.3 Å². The molecule has 0 aliphatic rings. The highest BCUT2D eigenvalue weighted by Gasteiger charge is 2.19. The fourth-order valence-corrected chi connectivity index (χ4v) is 2.22. The van der Waals surface area contributed by atoms with Gasteiger partial charge < -0.3 is 19.4 Å². The zero-order chi connectivity index (χ0) is 14.7. The molecule has 5 heteroatoms. The van der Waals surface area contributed by atoms with Crippen LogP contribution in [0.5, 0.6) is 5.75 Å². The average Bonchev–Trinajstić information content (AvgIpc) is 2.76. The van der Waals surface area contributed by atoms with E-state index in [0.717, 1.165) is 22.2 Å². The van der Waals surface area contributed by atoms with Gasteiger partial charge in [-0.15, -0.1) is 0 Å². The van der Waals surface area contributed by atoms with E-state index in [-0.39, 0.29) is 5.97 Å². The lowest BCUT2D eigenvalue weighted by atomic mass is 10.1. The van der Waals surface area contributed by atoms with Crippen LogP contribution in [0.15, 0.2) is 18.2 Å². The Hall–Kier alpha value is -2.01. The number of H-pyrrole nitrogens is 1. The number of benzene rings is 1. The second kappa shape index (κ2) is 5.96. The lowest BCUT2D eigenvalue weighted by Crippen LogP contribution is -2.15. The van der Waals surface area contributed by atoms with Crippen molar-refractivity contribution in [1.29, 1.82) is 0 Å². The number of hydrogen-bond donors (Lipinski definition) is 1. The first-order valence-electron chi connectivity index (χ1n) is 6.57. The van der Waals surface area contributed by atoms with Gasteiger partial charge in [0.05, 0.1) is 19.2 Å². The summed E-state index contributed by atoms with van der Waals surface area (Å²) in [7, 11) is 5.56. The van der Waals surface area contributed by atoms with Gasteiger partial charge in [-0.1, -0.05) is 0 Å². The maximum atomic E-state index is 12.1. The van der Waals surface area contributed by atoms with Gasteiger partial charge in [-0.2, -0.15) is 0 Å². The molecule has 0 atom stereocenters. The van der Waals surface area contributed by atoms with E-state index in [1.165, 1.54) is 0 Å². The minimum Gasteiger partial charge on any atom is -0.497 e. The van der Waals surface area contributed by atoms with E-state index in [1.807, 2.05) is 37.2 Å². The Kier molecular flexibility index (Phi) is 4.29. The van der Waals surface area contributed by atoms with Crippen molar-refractivity contribution in [2.24, 2.45) is 0 Å². The van der Waals surface area contributed by atoms with E-state index < -0.39 is 0 Å². The van der Waals surface area contributed by atoms with Crippen LogP contribution in [0, 0.1) is 0 Å². The highest BCUT2D eigenvalue weighted by molar-refractivity contribution is 5.98. The number of aromatic nitrogens is 1. The van der Waals surface area contributed by atoms with Crippen LogP contribution in [0.4, 0.5) is 0 Å². The minimum atomic E-state index is -0.320. The summed E-state index contributed by atoms with van der Waals surface area (Å²) in [6.45, 7) is 2.83. The molecule has 108 valence electrons. The van der Waals surface area contributed by atoms with Crippen molar-refractivity contribution in [1.82, 2.24) is 9.88 Å². The van der Waals surface area contributed by atoms with Crippen LogP contribution in [0.1, 0.15) is 23.0 Å². The summed E-state index contributed by atoms with van der Waals surface area (Å²) < 4.78 is 10.3. The van der Waals surface area contributed by atoms with E-state index in [2.05, 4.69) is 4.98 Å². The Morgan fingerprint density at radius 3 is 2.70 bits per heavy atom. The second-order valence-corrected chi connectivity index (χ2v) is 4.85. The summed E-state index contributed by atoms with van der Waals surface area (Å²) in [5.41, 5.74) is 2.35. The van der Waals surface area contributed by atoms with Gasteiger partial charge in [0.1, 0.15) is 11.4 Å². The highest BCUT2D eigenvalue weighted by Crippen LogP contribution is 2.27. The molecule has 5 nitrogen and oxygen atoms in total. The van der Waals surface area contributed by atoms with Gasteiger partial charge in [0, 0.05) is 23.6 Å². The van der Waals surface area contributed by atoms with E-state index in [4.69, 9.17) is 9.47 Å². The number of hydrogen-bond acceptors (Lipinski definition) is 4. The van der Waals surface area contributed by atoms with Gasteiger partial charge in [0.25, 0.3) is 0 Å². The number of carbonyl (C=O) groups is 1. The fourth-order valence-electron chi connectivity index (χ4n) is 2.22. The summed E-state index contributed by atoms with van der Waals surface area (Å²) in [4.78, 5) is 17.2. The summed E-state index contributed by atoms with van der Waals surface area (Å²) in [5.74, 6) is 0.435. The van der Waals surface area contributed by atoms with E-state index >= 15 is 0 Å². The zero-order valence-electron chi connectivity index (χ0n) is 12.3. The molecule has 0 spiro atoms. The maximum absolute atomic E-state index is 12.1. The quantitative estimate of drug-likeness (QED) is 0.852. The van der Waals surface area contributed by atoms with Crippen LogP contribution in [0.25, 0.3) is 10.9 Å². The third-order valence-electron chi connectivity index (χ3n) is 3.07. The summed E-state index contributed by atoms with van der Waals surface area (Å²) in [6, 6.07) is 5.74. The molecule has 1 aromatic heterocycles. The van der Waals surface area contributed by atoms with Crippen molar-refractivity contribution in [3.8, 4) is 5.75 Å². The lowest BCUT2D eigenvalue weighted by Gasteiger charge is -2.10. The Labute approximate surface area is 118 Å². The predicted molar refractivity (Wildman–Crippen MR) is 78.2 cm³/mol.